The van der Waals surface area contributed by atoms with Crippen LogP contribution in [0.3, 0.4) is 0 Å². The molecule has 0 unspecified atom stereocenters. The monoisotopic (exact) mass is 450 g/mol. The van der Waals surface area contributed by atoms with Gasteiger partial charge < -0.3 is 15.1 Å². The van der Waals surface area contributed by atoms with Crippen LogP contribution in [0.1, 0.15) is 25.6 Å². The van der Waals surface area contributed by atoms with Gasteiger partial charge >= 0.3 is 0 Å². The molecule has 1 aliphatic heterocycles. The molecule has 2 aromatic carbocycles. The number of amides is 2. The number of thiophene rings is 1. The summed E-state index contributed by atoms with van der Waals surface area (Å²) in [4.78, 5) is 40.6. The minimum absolute atomic E-state index is 0.0779. The lowest BCUT2D eigenvalue weighted by molar-refractivity contribution is -0.385. The first-order valence-electron chi connectivity index (χ1n) is 10.2. The van der Waals surface area contributed by atoms with Crippen molar-refractivity contribution < 1.29 is 14.5 Å². The third kappa shape index (κ3) is 4.47. The number of benzene rings is 2. The Morgan fingerprint density at radius 2 is 1.72 bits per heavy atom. The minimum atomic E-state index is -0.491. The Kier molecular flexibility index (Phi) is 6.18. The molecule has 2 heterocycles. The van der Waals surface area contributed by atoms with E-state index in [2.05, 4.69) is 10.2 Å². The maximum atomic E-state index is 12.6. The average Bonchev–Trinajstić information content (AvgIpc) is 3.34. The highest BCUT2D eigenvalue weighted by atomic mass is 32.1. The molecule has 4 rings (SSSR count). The van der Waals surface area contributed by atoms with Gasteiger partial charge in [-0.1, -0.05) is 12.1 Å². The van der Waals surface area contributed by atoms with Crippen molar-refractivity contribution in [3.8, 4) is 0 Å². The summed E-state index contributed by atoms with van der Waals surface area (Å²) in [5, 5.41) is 15.8. The zero-order chi connectivity index (χ0) is 22.7. The zero-order valence-electron chi connectivity index (χ0n) is 17.5. The Balaban J connectivity index is 1.37. The van der Waals surface area contributed by atoms with Crippen molar-refractivity contribution in [1.82, 2.24) is 4.90 Å². The van der Waals surface area contributed by atoms with Gasteiger partial charge in [0.05, 0.1) is 9.80 Å². The number of nitro groups is 1. The summed E-state index contributed by atoms with van der Waals surface area (Å²) in [6.45, 7) is 4.34. The highest BCUT2D eigenvalue weighted by molar-refractivity contribution is 7.12. The van der Waals surface area contributed by atoms with E-state index in [1.807, 2.05) is 46.7 Å². The van der Waals surface area contributed by atoms with Crippen LogP contribution in [0.2, 0.25) is 0 Å². The van der Waals surface area contributed by atoms with E-state index < -0.39 is 4.92 Å². The lowest BCUT2D eigenvalue weighted by Gasteiger charge is -2.36. The highest BCUT2D eigenvalue weighted by Crippen LogP contribution is 2.24. The van der Waals surface area contributed by atoms with E-state index >= 15 is 0 Å². The Hall–Kier alpha value is -3.72. The van der Waals surface area contributed by atoms with E-state index in [1.165, 1.54) is 23.5 Å². The molecule has 0 bridgehead atoms. The van der Waals surface area contributed by atoms with Crippen LogP contribution < -0.4 is 10.2 Å². The molecule has 1 saturated heterocycles. The molecular weight excluding hydrogens is 428 g/mol. The second-order valence-electron chi connectivity index (χ2n) is 7.46. The normalized spacial score (nSPS) is 13.7. The van der Waals surface area contributed by atoms with E-state index in [4.69, 9.17) is 0 Å². The number of carbonyl (C=O) groups excluding carboxylic acids is 2. The van der Waals surface area contributed by atoms with Crippen LogP contribution >= 0.6 is 11.3 Å². The van der Waals surface area contributed by atoms with Crippen LogP contribution in [0, 0.1) is 17.0 Å². The number of piperazine rings is 1. The largest absolute Gasteiger partial charge is 0.368 e. The van der Waals surface area contributed by atoms with E-state index in [-0.39, 0.29) is 23.1 Å². The van der Waals surface area contributed by atoms with Crippen LogP contribution in [0.15, 0.2) is 60.0 Å². The molecule has 3 aromatic rings. The number of hydrogen-bond donors (Lipinski definition) is 1. The first kappa shape index (κ1) is 21.5. The summed E-state index contributed by atoms with van der Waals surface area (Å²) in [6.07, 6.45) is 0. The fraction of sp³-hybridized carbons (Fsp3) is 0.217. The van der Waals surface area contributed by atoms with Gasteiger partial charge in [0.25, 0.3) is 17.5 Å². The molecule has 8 nitrogen and oxygen atoms in total. The van der Waals surface area contributed by atoms with Gasteiger partial charge in [0.2, 0.25) is 0 Å². The summed E-state index contributed by atoms with van der Waals surface area (Å²) in [5.41, 5.74) is 2.15. The van der Waals surface area contributed by atoms with Gasteiger partial charge in [-0.25, -0.2) is 0 Å². The summed E-state index contributed by atoms with van der Waals surface area (Å²) in [5.74, 6) is -0.311. The number of nitrogens with zero attached hydrogens (tertiary/aromatic N) is 3. The molecule has 164 valence electrons. The predicted octanol–water partition coefficient (Wildman–Crippen LogP) is 4.18. The molecule has 0 aliphatic carbocycles. The first-order valence-corrected chi connectivity index (χ1v) is 11.0. The molecule has 1 fully saturated rings. The van der Waals surface area contributed by atoms with Crippen LogP contribution in [-0.2, 0) is 0 Å². The third-order valence-corrected chi connectivity index (χ3v) is 6.39. The van der Waals surface area contributed by atoms with Gasteiger partial charge in [-0.15, -0.1) is 11.3 Å². The van der Waals surface area contributed by atoms with Crippen molar-refractivity contribution in [2.45, 2.75) is 6.92 Å². The SMILES string of the molecule is Cc1c(C(=O)Nc2ccc(N3CCN(C(=O)c4cccs4)CC3)cc2)cccc1[N+](=O)[O-]. The number of carbonyl (C=O) groups is 2. The standard InChI is InChI=1S/C23H22N4O4S/c1-16-19(4-2-5-20(16)27(30)31)22(28)24-17-7-9-18(10-8-17)25-11-13-26(14-12-25)23(29)21-6-3-15-32-21/h2-10,15H,11-14H2,1H3,(H,24,28). The van der Waals surface area contributed by atoms with E-state index in [1.54, 1.807) is 13.0 Å². The van der Waals surface area contributed by atoms with Crippen molar-refractivity contribution in [2.24, 2.45) is 0 Å². The lowest BCUT2D eigenvalue weighted by atomic mass is 10.1. The van der Waals surface area contributed by atoms with Gasteiger partial charge in [-0.2, -0.15) is 0 Å². The van der Waals surface area contributed by atoms with Crippen molar-refractivity contribution >= 4 is 40.2 Å². The van der Waals surface area contributed by atoms with Crippen molar-refractivity contribution in [1.29, 1.82) is 0 Å². The molecule has 2 amide bonds. The Morgan fingerprint density at radius 1 is 1.00 bits per heavy atom. The van der Waals surface area contributed by atoms with Gasteiger partial charge in [-0.05, 0) is 48.7 Å². The van der Waals surface area contributed by atoms with Crippen LogP contribution in [0.4, 0.5) is 17.1 Å². The minimum Gasteiger partial charge on any atom is -0.368 e. The number of nitro benzene ring substituents is 1. The molecule has 0 spiro atoms. The summed E-state index contributed by atoms with van der Waals surface area (Å²) >= 11 is 1.46. The molecule has 32 heavy (non-hydrogen) atoms. The smallest absolute Gasteiger partial charge is 0.273 e. The first-order chi connectivity index (χ1) is 15.4. The van der Waals surface area contributed by atoms with Crippen LogP contribution in [0.5, 0.6) is 0 Å². The lowest BCUT2D eigenvalue weighted by Crippen LogP contribution is -2.48. The molecule has 1 aliphatic rings. The van der Waals surface area contributed by atoms with Gasteiger partial charge in [0.1, 0.15) is 0 Å². The number of nitrogens with one attached hydrogen (secondary N) is 1. The van der Waals surface area contributed by atoms with Crippen molar-refractivity contribution in [3.63, 3.8) is 0 Å². The topological polar surface area (TPSA) is 95.8 Å². The Bertz CT molecular complexity index is 1140. The maximum Gasteiger partial charge on any atom is 0.273 e. The van der Waals surface area contributed by atoms with E-state index in [0.29, 0.717) is 24.3 Å². The van der Waals surface area contributed by atoms with Gasteiger partial charge in [0.15, 0.2) is 0 Å². The number of rotatable bonds is 5. The molecule has 0 saturated carbocycles. The van der Waals surface area contributed by atoms with Crippen molar-refractivity contribution in [2.75, 3.05) is 36.4 Å². The maximum absolute atomic E-state index is 12.6. The highest BCUT2D eigenvalue weighted by Gasteiger charge is 2.23. The average molecular weight is 451 g/mol. The fourth-order valence-corrected chi connectivity index (χ4v) is 4.44. The number of anilines is 2. The molecular formula is C23H22N4O4S. The summed E-state index contributed by atoms with van der Waals surface area (Å²) in [7, 11) is 0. The Labute approximate surface area is 189 Å². The van der Waals surface area contributed by atoms with Crippen LogP contribution in [0.25, 0.3) is 0 Å². The van der Waals surface area contributed by atoms with E-state index in [0.717, 1.165) is 23.7 Å². The second-order valence-corrected chi connectivity index (χ2v) is 8.41. The van der Waals surface area contributed by atoms with Crippen molar-refractivity contribution in [3.05, 3.63) is 86.1 Å². The van der Waals surface area contributed by atoms with Crippen LogP contribution in [-0.4, -0.2) is 47.8 Å². The fourth-order valence-electron chi connectivity index (χ4n) is 3.75. The van der Waals surface area contributed by atoms with Gasteiger partial charge in [-0.3, -0.25) is 19.7 Å². The summed E-state index contributed by atoms with van der Waals surface area (Å²) in [6, 6.07) is 15.7. The molecule has 1 N–H and O–H groups in total. The molecule has 0 atom stereocenters. The molecule has 9 heteroatoms. The van der Waals surface area contributed by atoms with Gasteiger partial charge in [0, 0.05) is 54.7 Å². The summed E-state index contributed by atoms with van der Waals surface area (Å²) < 4.78 is 0. The predicted molar refractivity (Wildman–Crippen MR) is 125 cm³/mol. The van der Waals surface area contributed by atoms with E-state index in [9.17, 15) is 19.7 Å². The quantitative estimate of drug-likeness (QED) is 0.465. The molecule has 0 radical (unpaired) electrons. The Morgan fingerprint density at radius 3 is 2.34 bits per heavy atom. The number of hydrogen-bond acceptors (Lipinski definition) is 6. The third-order valence-electron chi connectivity index (χ3n) is 5.54. The second kappa shape index (κ2) is 9.19. The zero-order valence-corrected chi connectivity index (χ0v) is 18.3. The molecule has 1 aromatic heterocycles.